The third-order valence-electron chi connectivity index (χ3n) is 3.92. The zero-order valence-corrected chi connectivity index (χ0v) is 13.7. The van der Waals surface area contributed by atoms with E-state index < -0.39 is 10.0 Å². The fraction of sp³-hybridized carbons (Fsp3) is 0.625. The maximum Gasteiger partial charge on any atom is 0.235 e. The number of sulfonamides is 1. The lowest BCUT2D eigenvalue weighted by Gasteiger charge is -2.22. The molecule has 1 fully saturated rings. The van der Waals surface area contributed by atoms with E-state index in [1.165, 1.54) is 0 Å². The monoisotopic (exact) mass is 310 g/mol. The molecule has 0 spiro atoms. The highest BCUT2D eigenvalue weighted by atomic mass is 32.2. The molecule has 2 rings (SSSR count). The molecule has 0 radical (unpaired) electrons. The Bertz CT molecular complexity index is 532. The maximum absolute atomic E-state index is 12.3. The summed E-state index contributed by atoms with van der Waals surface area (Å²) < 4.78 is 27.4. The van der Waals surface area contributed by atoms with Gasteiger partial charge in [-0.15, -0.1) is 0 Å². The van der Waals surface area contributed by atoms with Crippen LogP contribution >= 0.6 is 0 Å². The molecule has 4 nitrogen and oxygen atoms in total. The molecule has 1 saturated carbocycles. The second-order valence-corrected chi connectivity index (χ2v) is 8.10. The lowest BCUT2D eigenvalue weighted by Crippen LogP contribution is -2.29. The van der Waals surface area contributed by atoms with Gasteiger partial charge in [-0.3, -0.25) is 4.72 Å². The fourth-order valence-corrected chi connectivity index (χ4v) is 4.22. The summed E-state index contributed by atoms with van der Waals surface area (Å²) >= 11 is 0. The molecule has 0 heterocycles. The van der Waals surface area contributed by atoms with Crippen molar-refractivity contribution in [3.63, 3.8) is 0 Å². The zero-order valence-electron chi connectivity index (χ0n) is 12.9. The van der Waals surface area contributed by atoms with E-state index in [0.29, 0.717) is 11.7 Å². The van der Waals surface area contributed by atoms with E-state index in [9.17, 15) is 8.42 Å². The van der Waals surface area contributed by atoms with Gasteiger partial charge in [0, 0.05) is 18.3 Å². The maximum atomic E-state index is 12.3. The van der Waals surface area contributed by atoms with Crippen molar-refractivity contribution in [2.75, 3.05) is 4.72 Å². The molecule has 1 aliphatic carbocycles. The van der Waals surface area contributed by atoms with E-state index in [-0.39, 0.29) is 5.25 Å². The van der Waals surface area contributed by atoms with Gasteiger partial charge in [-0.25, -0.2) is 8.42 Å². The third kappa shape index (κ3) is 5.00. The van der Waals surface area contributed by atoms with E-state index >= 15 is 0 Å². The third-order valence-corrected chi connectivity index (χ3v) is 5.79. The topological polar surface area (TPSA) is 58.2 Å². The number of hydrogen-bond acceptors (Lipinski definition) is 3. The summed E-state index contributed by atoms with van der Waals surface area (Å²) in [6.45, 7) is 5.01. The Balaban J connectivity index is 1.95. The smallest absolute Gasteiger partial charge is 0.235 e. The Morgan fingerprint density at radius 3 is 2.29 bits per heavy atom. The van der Waals surface area contributed by atoms with Gasteiger partial charge in [0.2, 0.25) is 10.0 Å². The van der Waals surface area contributed by atoms with E-state index in [4.69, 9.17) is 0 Å². The Hall–Kier alpha value is -1.07. The van der Waals surface area contributed by atoms with Crippen molar-refractivity contribution in [3.8, 4) is 0 Å². The van der Waals surface area contributed by atoms with Crippen LogP contribution in [0, 0.1) is 0 Å². The van der Waals surface area contributed by atoms with Crippen LogP contribution in [0.25, 0.3) is 0 Å². The molecule has 0 bridgehead atoms. The van der Waals surface area contributed by atoms with Crippen LogP contribution in [0.4, 0.5) is 5.69 Å². The van der Waals surface area contributed by atoms with Crippen molar-refractivity contribution in [1.82, 2.24) is 5.32 Å². The van der Waals surface area contributed by atoms with E-state index in [2.05, 4.69) is 23.9 Å². The first-order valence-corrected chi connectivity index (χ1v) is 9.36. The van der Waals surface area contributed by atoms with E-state index in [1.807, 2.05) is 24.3 Å². The summed E-state index contributed by atoms with van der Waals surface area (Å²) in [4.78, 5) is 0. The highest BCUT2D eigenvalue weighted by Gasteiger charge is 2.26. The average molecular weight is 310 g/mol. The van der Waals surface area contributed by atoms with Crippen LogP contribution in [-0.4, -0.2) is 19.7 Å². The minimum Gasteiger partial charge on any atom is -0.310 e. The summed E-state index contributed by atoms with van der Waals surface area (Å²) in [5, 5.41) is 3.11. The van der Waals surface area contributed by atoms with Gasteiger partial charge >= 0.3 is 0 Å². The van der Waals surface area contributed by atoms with E-state index in [0.717, 1.165) is 44.2 Å². The molecule has 1 aromatic rings. The van der Waals surface area contributed by atoms with Gasteiger partial charge in [-0.05, 0) is 30.5 Å². The minimum absolute atomic E-state index is 0.228. The Morgan fingerprint density at radius 1 is 1.10 bits per heavy atom. The van der Waals surface area contributed by atoms with Crippen molar-refractivity contribution >= 4 is 15.7 Å². The van der Waals surface area contributed by atoms with Crippen molar-refractivity contribution in [2.24, 2.45) is 0 Å². The highest BCUT2D eigenvalue weighted by molar-refractivity contribution is 7.93. The summed E-state index contributed by atoms with van der Waals surface area (Å²) in [6.07, 6.45) is 4.76. The van der Waals surface area contributed by atoms with Gasteiger partial charge in [0.15, 0.2) is 0 Å². The van der Waals surface area contributed by atoms with Gasteiger partial charge in [-0.1, -0.05) is 45.2 Å². The molecule has 1 aliphatic rings. The molecule has 5 heteroatoms. The van der Waals surface area contributed by atoms with Gasteiger partial charge in [-0.2, -0.15) is 0 Å². The first-order chi connectivity index (χ1) is 9.97. The number of benzene rings is 1. The second kappa shape index (κ2) is 7.27. The fourth-order valence-electron chi connectivity index (χ4n) is 2.64. The van der Waals surface area contributed by atoms with Crippen LogP contribution in [0.5, 0.6) is 0 Å². The quantitative estimate of drug-likeness (QED) is 0.848. The van der Waals surface area contributed by atoms with Crippen molar-refractivity contribution < 1.29 is 8.42 Å². The Morgan fingerprint density at radius 2 is 1.71 bits per heavy atom. The van der Waals surface area contributed by atoms with Crippen LogP contribution in [0.2, 0.25) is 0 Å². The van der Waals surface area contributed by atoms with E-state index in [1.54, 1.807) is 0 Å². The Labute approximate surface area is 128 Å². The summed E-state index contributed by atoms with van der Waals surface area (Å²) in [7, 11) is -3.24. The molecule has 21 heavy (non-hydrogen) atoms. The number of nitrogens with one attached hydrogen (secondary N) is 2. The van der Waals surface area contributed by atoms with Crippen molar-refractivity contribution in [1.29, 1.82) is 0 Å². The van der Waals surface area contributed by atoms with Crippen LogP contribution in [0.15, 0.2) is 24.3 Å². The lowest BCUT2D eigenvalue weighted by molar-refractivity contribution is 0.486. The van der Waals surface area contributed by atoms with Gasteiger partial charge < -0.3 is 5.32 Å². The molecule has 0 aliphatic heterocycles. The summed E-state index contributed by atoms with van der Waals surface area (Å²) in [5.74, 6) is 0. The Kier molecular flexibility index (Phi) is 5.65. The molecule has 1 aromatic carbocycles. The highest BCUT2D eigenvalue weighted by Crippen LogP contribution is 2.25. The molecule has 2 N–H and O–H groups in total. The van der Waals surface area contributed by atoms with Crippen molar-refractivity contribution in [2.45, 2.75) is 63.8 Å². The molecule has 0 aromatic heterocycles. The largest absolute Gasteiger partial charge is 0.310 e. The molecular formula is C16H26N2O2S. The first-order valence-electron chi connectivity index (χ1n) is 7.81. The molecule has 0 amide bonds. The normalized spacial score (nSPS) is 17.1. The van der Waals surface area contributed by atoms with Crippen LogP contribution in [0.3, 0.4) is 0 Å². The predicted octanol–water partition coefficient (Wildman–Crippen LogP) is 3.26. The average Bonchev–Trinajstić information content (AvgIpc) is 2.47. The molecule has 118 valence electrons. The van der Waals surface area contributed by atoms with Crippen molar-refractivity contribution in [3.05, 3.63) is 29.8 Å². The molecular weight excluding hydrogens is 284 g/mol. The molecule has 0 saturated heterocycles. The molecule has 0 unspecified atom stereocenters. The summed E-state index contributed by atoms with van der Waals surface area (Å²) in [5.41, 5.74) is 1.82. The molecule has 0 atom stereocenters. The summed E-state index contributed by atoms with van der Waals surface area (Å²) in [6, 6.07) is 8.06. The number of anilines is 1. The lowest BCUT2D eigenvalue weighted by atomic mass is 10.0. The number of hydrogen-bond donors (Lipinski definition) is 2. The van der Waals surface area contributed by atoms with Gasteiger partial charge in [0.25, 0.3) is 0 Å². The zero-order chi connectivity index (χ0) is 15.3. The van der Waals surface area contributed by atoms with Crippen LogP contribution < -0.4 is 10.0 Å². The van der Waals surface area contributed by atoms with Crippen LogP contribution in [0.1, 0.15) is 51.5 Å². The minimum atomic E-state index is -3.24. The predicted molar refractivity (Wildman–Crippen MR) is 87.8 cm³/mol. The first kappa shape index (κ1) is 16.3. The second-order valence-electron chi connectivity index (χ2n) is 6.14. The SMILES string of the molecule is CC(C)NCc1ccc(NS(=O)(=O)C2CCCCC2)cc1. The van der Waals surface area contributed by atoms with Crippen LogP contribution in [-0.2, 0) is 16.6 Å². The van der Waals surface area contributed by atoms with Gasteiger partial charge in [0.1, 0.15) is 0 Å². The standard InChI is InChI=1S/C16H26N2O2S/c1-13(2)17-12-14-8-10-15(11-9-14)18-21(19,20)16-6-4-3-5-7-16/h8-11,13,16-18H,3-7,12H2,1-2H3. The number of rotatable bonds is 6. The van der Waals surface area contributed by atoms with Gasteiger partial charge in [0.05, 0.1) is 5.25 Å².